The minimum Gasteiger partial charge on any atom is -0.363 e. The Morgan fingerprint density at radius 2 is 1.34 bits per heavy atom. The molecule has 4 rings (SSSR count). The molecule has 0 unspecified atom stereocenters. The predicted molar refractivity (Wildman–Crippen MR) is 111 cm³/mol. The molecular formula is C21H17FN4O2S. The van der Waals surface area contributed by atoms with Crippen molar-refractivity contribution in [1.29, 1.82) is 0 Å². The average Bonchev–Trinajstić information content (AvgIpc) is 2.73. The maximum atomic E-state index is 13.2. The number of nitrogens with zero attached hydrogens (tertiary/aromatic N) is 2. The van der Waals surface area contributed by atoms with Gasteiger partial charge in [-0.05, 0) is 42.0 Å². The Hall–Kier alpha value is -3.52. The number of benzene rings is 3. The minimum atomic E-state index is -3.96. The molecule has 2 N–H and O–H groups in total. The molecule has 29 heavy (non-hydrogen) atoms. The van der Waals surface area contributed by atoms with Gasteiger partial charge in [0.1, 0.15) is 5.82 Å². The van der Waals surface area contributed by atoms with Gasteiger partial charge in [0.15, 0.2) is 11.6 Å². The summed E-state index contributed by atoms with van der Waals surface area (Å²) in [7, 11) is -3.96. The number of hydrogen-bond acceptors (Lipinski definition) is 5. The van der Waals surface area contributed by atoms with Crippen LogP contribution in [0.2, 0.25) is 0 Å². The third-order valence-corrected chi connectivity index (χ3v) is 5.58. The van der Waals surface area contributed by atoms with E-state index in [-0.39, 0.29) is 10.7 Å². The normalized spacial score (nSPS) is 11.3. The van der Waals surface area contributed by atoms with E-state index in [1.807, 2.05) is 36.4 Å². The highest BCUT2D eigenvalue weighted by molar-refractivity contribution is 7.92. The van der Waals surface area contributed by atoms with Gasteiger partial charge in [-0.1, -0.05) is 42.5 Å². The summed E-state index contributed by atoms with van der Waals surface area (Å²) in [6.07, 6.45) is 0. The lowest BCUT2D eigenvalue weighted by Gasteiger charge is -2.14. The Morgan fingerprint density at radius 1 is 0.759 bits per heavy atom. The zero-order valence-electron chi connectivity index (χ0n) is 15.2. The first-order chi connectivity index (χ1) is 14.0. The molecule has 1 heterocycles. The van der Waals surface area contributed by atoms with E-state index in [1.54, 1.807) is 18.2 Å². The zero-order valence-corrected chi connectivity index (χ0v) is 16.0. The third kappa shape index (κ3) is 4.33. The van der Waals surface area contributed by atoms with Gasteiger partial charge in [0.05, 0.1) is 15.9 Å². The largest absolute Gasteiger partial charge is 0.363 e. The lowest BCUT2D eigenvalue weighted by atomic mass is 10.2. The zero-order chi connectivity index (χ0) is 20.3. The molecule has 0 radical (unpaired) electrons. The average molecular weight is 408 g/mol. The maximum absolute atomic E-state index is 13.2. The molecule has 146 valence electrons. The second-order valence-corrected chi connectivity index (χ2v) is 7.99. The third-order valence-electron chi connectivity index (χ3n) is 4.23. The predicted octanol–water partition coefficient (Wildman–Crippen LogP) is 4.18. The van der Waals surface area contributed by atoms with Crippen molar-refractivity contribution in [1.82, 2.24) is 9.97 Å². The summed E-state index contributed by atoms with van der Waals surface area (Å²) in [6, 6.07) is 21.4. The first-order valence-electron chi connectivity index (χ1n) is 8.84. The fourth-order valence-corrected chi connectivity index (χ4v) is 3.79. The smallest absolute Gasteiger partial charge is 0.263 e. The summed E-state index contributed by atoms with van der Waals surface area (Å²) >= 11 is 0. The van der Waals surface area contributed by atoms with Crippen molar-refractivity contribution in [2.45, 2.75) is 11.4 Å². The molecule has 0 aliphatic heterocycles. The number of anilines is 2. The molecule has 3 aromatic carbocycles. The van der Waals surface area contributed by atoms with Crippen LogP contribution in [0, 0.1) is 5.82 Å². The van der Waals surface area contributed by atoms with Gasteiger partial charge in [0, 0.05) is 6.54 Å². The fourth-order valence-electron chi connectivity index (χ4n) is 2.78. The monoisotopic (exact) mass is 408 g/mol. The highest BCUT2D eigenvalue weighted by Gasteiger charge is 2.19. The topological polar surface area (TPSA) is 84.0 Å². The number of aromatic nitrogens is 2. The van der Waals surface area contributed by atoms with Crippen LogP contribution in [0.3, 0.4) is 0 Å². The van der Waals surface area contributed by atoms with Gasteiger partial charge in [-0.15, -0.1) is 0 Å². The highest BCUT2D eigenvalue weighted by Crippen LogP contribution is 2.25. The van der Waals surface area contributed by atoms with Crippen LogP contribution in [0.1, 0.15) is 5.56 Å². The Morgan fingerprint density at radius 3 is 2.00 bits per heavy atom. The molecule has 0 aliphatic carbocycles. The van der Waals surface area contributed by atoms with Crippen molar-refractivity contribution < 1.29 is 12.8 Å². The number of nitrogens with one attached hydrogen (secondary N) is 2. The van der Waals surface area contributed by atoms with Gasteiger partial charge >= 0.3 is 0 Å². The first-order valence-corrected chi connectivity index (χ1v) is 10.3. The van der Waals surface area contributed by atoms with Crippen molar-refractivity contribution in [2.24, 2.45) is 0 Å². The molecule has 8 heteroatoms. The number of fused-ring (bicyclic) bond motifs is 1. The molecule has 0 aliphatic rings. The van der Waals surface area contributed by atoms with E-state index >= 15 is 0 Å². The van der Waals surface area contributed by atoms with Crippen LogP contribution in [0.15, 0.2) is 83.8 Å². The van der Waals surface area contributed by atoms with E-state index in [0.29, 0.717) is 23.4 Å². The van der Waals surface area contributed by atoms with Crippen molar-refractivity contribution in [3.05, 3.63) is 90.2 Å². The van der Waals surface area contributed by atoms with Crippen molar-refractivity contribution in [2.75, 3.05) is 10.0 Å². The summed E-state index contributed by atoms with van der Waals surface area (Å²) in [4.78, 5) is 8.88. The standard InChI is InChI=1S/C21H17FN4O2S/c22-16-10-12-17(13-11-16)29(27,28)26-21-20(23-14-15-6-2-1-3-7-15)24-18-8-4-5-9-19(18)25-21/h1-13H,14H2,(H,23,24)(H,25,26). The van der Waals surface area contributed by atoms with Crippen molar-refractivity contribution in [3.8, 4) is 0 Å². The van der Waals surface area contributed by atoms with Gasteiger partial charge in [0.25, 0.3) is 10.0 Å². The summed E-state index contributed by atoms with van der Waals surface area (Å²) in [5.74, 6) is -0.137. The first kappa shape index (κ1) is 18.8. The molecule has 0 atom stereocenters. The molecule has 0 amide bonds. The van der Waals surface area contributed by atoms with Crippen LogP contribution in [0.5, 0.6) is 0 Å². The molecule has 1 aromatic heterocycles. The maximum Gasteiger partial charge on any atom is 0.263 e. The van der Waals surface area contributed by atoms with Gasteiger partial charge in [0.2, 0.25) is 0 Å². The number of halogens is 1. The summed E-state index contributed by atoms with van der Waals surface area (Å²) < 4.78 is 41.1. The lowest BCUT2D eigenvalue weighted by Crippen LogP contribution is -2.16. The number of sulfonamides is 1. The van der Waals surface area contributed by atoms with E-state index in [0.717, 1.165) is 17.7 Å². The Bertz CT molecular complexity index is 1250. The van der Waals surface area contributed by atoms with Crippen LogP contribution in [-0.2, 0) is 16.6 Å². The second kappa shape index (κ2) is 7.84. The van der Waals surface area contributed by atoms with Crippen LogP contribution < -0.4 is 10.0 Å². The Kier molecular flexibility index (Phi) is 5.09. The lowest BCUT2D eigenvalue weighted by molar-refractivity contribution is 0.599. The van der Waals surface area contributed by atoms with Crippen LogP contribution in [-0.4, -0.2) is 18.4 Å². The van der Waals surface area contributed by atoms with E-state index in [2.05, 4.69) is 20.0 Å². The Labute approximate surface area is 167 Å². The summed E-state index contributed by atoms with van der Waals surface area (Å²) in [5, 5.41) is 3.14. The van der Waals surface area contributed by atoms with Gasteiger partial charge in [-0.2, -0.15) is 0 Å². The highest BCUT2D eigenvalue weighted by atomic mass is 32.2. The quantitative estimate of drug-likeness (QED) is 0.500. The number of rotatable bonds is 6. The molecule has 0 spiro atoms. The van der Waals surface area contributed by atoms with E-state index < -0.39 is 15.8 Å². The fraction of sp³-hybridized carbons (Fsp3) is 0.0476. The van der Waals surface area contributed by atoms with Crippen molar-refractivity contribution in [3.63, 3.8) is 0 Å². The molecule has 6 nitrogen and oxygen atoms in total. The number of hydrogen-bond donors (Lipinski definition) is 2. The molecule has 0 fully saturated rings. The molecule has 0 bridgehead atoms. The van der Waals surface area contributed by atoms with Gasteiger partial charge in [-0.3, -0.25) is 4.72 Å². The van der Waals surface area contributed by atoms with Crippen molar-refractivity contribution >= 4 is 32.7 Å². The Balaban J connectivity index is 1.70. The summed E-state index contributed by atoms with van der Waals surface area (Å²) in [5.41, 5.74) is 2.19. The molecular weight excluding hydrogens is 391 g/mol. The molecule has 0 saturated heterocycles. The van der Waals surface area contributed by atoms with Crippen LogP contribution in [0.25, 0.3) is 11.0 Å². The second-order valence-electron chi connectivity index (χ2n) is 6.31. The van der Waals surface area contributed by atoms with E-state index in [9.17, 15) is 12.8 Å². The SMILES string of the molecule is O=S(=O)(Nc1nc2ccccc2nc1NCc1ccccc1)c1ccc(F)cc1. The van der Waals surface area contributed by atoms with E-state index in [1.165, 1.54) is 12.1 Å². The van der Waals surface area contributed by atoms with Gasteiger partial charge < -0.3 is 5.32 Å². The minimum absolute atomic E-state index is 0.0668. The summed E-state index contributed by atoms with van der Waals surface area (Å²) in [6.45, 7) is 0.444. The molecule has 4 aromatic rings. The van der Waals surface area contributed by atoms with Crippen LogP contribution >= 0.6 is 0 Å². The molecule has 0 saturated carbocycles. The van der Waals surface area contributed by atoms with Crippen LogP contribution in [0.4, 0.5) is 16.0 Å². The van der Waals surface area contributed by atoms with Gasteiger partial charge in [-0.25, -0.2) is 22.8 Å². The number of para-hydroxylation sites is 2. The van der Waals surface area contributed by atoms with E-state index in [4.69, 9.17) is 0 Å².